The van der Waals surface area contributed by atoms with Gasteiger partial charge in [-0.3, -0.25) is 4.79 Å². The molecule has 0 saturated carbocycles. The van der Waals surface area contributed by atoms with E-state index in [1.54, 1.807) is 6.08 Å². The van der Waals surface area contributed by atoms with Gasteiger partial charge in [0.25, 0.3) is 5.91 Å². The maximum Gasteiger partial charge on any atom is 0.266 e. The van der Waals surface area contributed by atoms with E-state index in [0.29, 0.717) is 0 Å². The van der Waals surface area contributed by atoms with Crippen molar-refractivity contribution >= 4 is 29.0 Å². The monoisotopic (exact) mass is 296 g/mol. The van der Waals surface area contributed by atoms with E-state index in [-0.39, 0.29) is 11.5 Å². The lowest BCUT2D eigenvalue weighted by Crippen LogP contribution is -2.15. The zero-order chi connectivity index (χ0) is 15.4. The summed E-state index contributed by atoms with van der Waals surface area (Å²) in [7, 11) is 0. The highest BCUT2D eigenvalue weighted by molar-refractivity contribution is 7.08. The van der Waals surface area contributed by atoms with Crippen molar-refractivity contribution in [2.75, 3.05) is 5.32 Å². The van der Waals surface area contributed by atoms with Gasteiger partial charge in [-0.2, -0.15) is 16.6 Å². The number of carbonyl (C=O) groups excluding carboxylic acids is 1. The summed E-state index contributed by atoms with van der Waals surface area (Å²) >= 11 is 1.53. The van der Waals surface area contributed by atoms with E-state index in [4.69, 9.17) is 0 Å². The zero-order valence-corrected chi connectivity index (χ0v) is 13.0. The van der Waals surface area contributed by atoms with E-state index in [9.17, 15) is 10.1 Å². The van der Waals surface area contributed by atoms with Crippen molar-refractivity contribution < 1.29 is 4.79 Å². The molecule has 1 aromatic heterocycles. The number of hydrogen-bond acceptors (Lipinski definition) is 3. The summed E-state index contributed by atoms with van der Waals surface area (Å²) in [6, 6.07) is 7.86. The van der Waals surface area contributed by atoms with Crippen LogP contribution in [0.2, 0.25) is 0 Å². The smallest absolute Gasteiger partial charge is 0.266 e. The quantitative estimate of drug-likeness (QED) is 0.681. The molecule has 2 rings (SSSR count). The summed E-state index contributed by atoms with van der Waals surface area (Å²) in [5.41, 5.74) is 4.88. The summed E-state index contributed by atoms with van der Waals surface area (Å²) in [4.78, 5) is 12.3. The zero-order valence-electron chi connectivity index (χ0n) is 12.2. The van der Waals surface area contributed by atoms with E-state index in [1.807, 2.05) is 55.8 Å². The molecule has 0 atom stereocenters. The average Bonchev–Trinajstić information content (AvgIpc) is 2.92. The summed E-state index contributed by atoms with van der Waals surface area (Å²) in [5, 5.41) is 15.8. The Bertz CT molecular complexity index is 714. The lowest BCUT2D eigenvalue weighted by Gasteiger charge is -2.12. The third-order valence-electron chi connectivity index (χ3n) is 3.13. The predicted octanol–water partition coefficient (Wildman–Crippen LogP) is 4.22. The molecule has 0 fully saturated rings. The maximum atomic E-state index is 12.3. The second-order valence-corrected chi connectivity index (χ2v) is 5.73. The number of carbonyl (C=O) groups is 1. The van der Waals surface area contributed by atoms with Gasteiger partial charge in [-0.1, -0.05) is 17.7 Å². The Labute approximate surface area is 128 Å². The van der Waals surface area contributed by atoms with E-state index < -0.39 is 0 Å². The van der Waals surface area contributed by atoms with Crippen LogP contribution in [-0.2, 0) is 4.79 Å². The van der Waals surface area contributed by atoms with Gasteiger partial charge in [0.05, 0.1) is 0 Å². The molecule has 2 aromatic rings. The molecule has 21 heavy (non-hydrogen) atoms. The molecule has 0 spiro atoms. The van der Waals surface area contributed by atoms with E-state index in [0.717, 1.165) is 27.9 Å². The first kappa shape index (κ1) is 15.0. The van der Waals surface area contributed by atoms with Gasteiger partial charge in [0.15, 0.2) is 0 Å². The molecule has 0 saturated heterocycles. The largest absolute Gasteiger partial charge is 0.321 e. The molecular formula is C17H16N2OS. The second kappa shape index (κ2) is 6.38. The summed E-state index contributed by atoms with van der Waals surface area (Å²) in [6.45, 7) is 5.91. The Morgan fingerprint density at radius 2 is 1.95 bits per heavy atom. The molecule has 0 bridgehead atoms. The van der Waals surface area contributed by atoms with Gasteiger partial charge in [0.2, 0.25) is 0 Å². The summed E-state index contributed by atoms with van der Waals surface area (Å²) < 4.78 is 0. The number of aryl methyl sites for hydroxylation is 3. The number of nitrogens with zero attached hydrogens (tertiary/aromatic N) is 1. The molecule has 0 aliphatic carbocycles. The van der Waals surface area contributed by atoms with E-state index in [2.05, 4.69) is 5.32 Å². The standard InChI is InChI=1S/C17H16N2OS/c1-11-6-12(2)16(13(3)7-11)19-17(20)15(9-18)8-14-4-5-21-10-14/h4-8,10H,1-3H3,(H,19,20)/b15-8+. The Morgan fingerprint density at radius 1 is 1.29 bits per heavy atom. The first-order chi connectivity index (χ1) is 10.0. The minimum absolute atomic E-state index is 0.104. The molecule has 106 valence electrons. The lowest BCUT2D eigenvalue weighted by molar-refractivity contribution is -0.112. The Kier molecular flexibility index (Phi) is 4.56. The fourth-order valence-electron chi connectivity index (χ4n) is 2.23. The predicted molar refractivity (Wildman–Crippen MR) is 87.2 cm³/mol. The summed E-state index contributed by atoms with van der Waals surface area (Å²) in [5.74, 6) is -0.376. The van der Waals surface area contributed by atoms with Crippen molar-refractivity contribution in [1.82, 2.24) is 0 Å². The Balaban J connectivity index is 2.27. The highest BCUT2D eigenvalue weighted by atomic mass is 32.1. The molecule has 1 amide bonds. The van der Waals surface area contributed by atoms with Crippen LogP contribution in [0.3, 0.4) is 0 Å². The maximum absolute atomic E-state index is 12.3. The molecule has 0 aliphatic rings. The van der Waals surface area contributed by atoms with Crippen molar-refractivity contribution in [3.05, 3.63) is 56.8 Å². The molecule has 1 N–H and O–H groups in total. The number of nitrogens with one attached hydrogen (secondary N) is 1. The van der Waals surface area contributed by atoms with Crippen LogP contribution in [0.5, 0.6) is 0 Å². The number of nitriles is 1. The number of hydrogen-bond donors (Lipinski definition) is 1. The molecular weight excluding hydrogens is 280 g/mol. The van der Waals surface area contributed by atoms with E-state index >= 15 is 0 Å². The van der Waals surface area contributed by atoms with Crippen molar-refractivity contribution in [2.24, 2.45) is 0 Å². The van der Waals surface area contributed by atoms with Crippen LogP contribution in [-0.4, -0.2) is 5.91 Å². The number of benzene rings is 1. The number of anilines is 1. The first-order valence-electron chi connectivity index (χ1n) is 6.54. The van der Waals surface area contributed by atoms with Crippen molar-refractivity contribution in [1.29, 1.82) is 5.26 Å². The fraction of sp³-hybridized carbons (Fsp3) is 0.176. The molecule has 1 heterocycles. The molecule has 0 unspecified atom stereocenters. The third-order valence-corrected chi connectivity index (χ3v) is 3.84. The van der Waals surface area contributed by atoms with Gasteiger partial charge in [-0.15, -0.1) is 0 Å². The van der Waals surface area contributed by atoms with Crippen molar-refractivity contribution in [3.63, 3.8) is 0 Å². The molecule has 0 aliphatic heterocycles. The van der Waals surface area contributed by atoms with Gasteiger partial charge in [-0.05, 0) is 60.4 Å². The molecule has 0 radical (unpaired) electrons. The highest BCUT2D eigenvalue weighted by Gasteiger charge is 2.12. The molecule has 3 nitrogen and oxygen atoms in total. The van der Waals surface area contributed by atoms with Crippen LogP contribution >= 0.6 is 11.3 Å². The van der Waals surface area contributed by atoms with Gasteiger partial charge < -0.3 is 5.32 Å². The topological polar surface area (TPSA) is 52.9 Å². The average molecular weight is 296 g/mol. The lowest BCUT2D eigenvalue weighted by atomic mass is 10.0. The Hall–Kier alpha value is -2.38. The fourth-order valence-corrected chi connectivity index (χ4v) is 2.85. The molecule has 4 heteroatoms. The number of rotatable bonds is 3. The molecule has 1 aromatic carbocycles. The van der Waals surface area contributed by atoms with Crippen molar-refractivity contribution in [3.8, 4) is 6.07 Å². The van der Waals surface area contributed by atoms with Crippen LogP contribution in [0.1, 0.15) is 22.3 Å². The third kappa shape index (κ3) is 3.59. The minimum atomic E-state index is -0.376. The van der Waals surface area contributed by atoms with Gasteiger partial charge in [0, 0.05) is 5.69 Å². The van der Waals surface area contributed by atoms with Gasteiger partial charge in [0.1, 0.15) is 11.6 Å². The minimum Gasteiger partial charge on any atom is -0.321 e. The Morgan fingerprint density at radius 3 is 2.48 bits per heavy atom. The van der Waals surface area contributed by atoms with Crippen LogP contribution in [0.25, 0.3) is 6.08 Å². The van der Waals surface area contributed by atoms with Crippen LogP contribution in [0.15, 0.2) is 34.5 Å². The summed E-state index contributed by atoms with van der Waals surface area (Å²) in [6.07, 6.45) is 1.60. The van der Waals surface area contributed by atoms with Crippen LogP contribution < -0.4 is 5.32 Å². The van der Waals surface area contributed by atoms with Gasteiger partial charge >= 0.3 is 0 Å². The second-order valence-electron chi connectivity index (χ2n) is 4.95. The van der Waals surface area contributed by atoms with Crippen LogP contribution in [0, 0.1) is 32.1 Å². The highest BCUT2D eigenvalue weighted by Crippen LogP contribution is 2.22. The van der Waals surface area contributed by atoms with E-state index in [1.165, 1.54) is 11.3 Å². The number of thiophene rings is 1. The normalized spacial score (nSPS) is 11.0. The first-order valence-corrected chi connectivity index (χ1v) is 7.48. The number of amides is 1. The SMILES string of the molecule is Cc1cc(C)c(NC(=O)/C(C#N)=C/c2ccsc2)c(C)c1. The van der Waals surface area contributed by atoms with Crippen molar-refractivity contribution in [2.45, 2.75) is 20.8 Å². The van der Waals surface area contributed by atoms with Gasteiger partial charge in [-0.25, -0.2) is 0 Å². The van der Waals surface area contributed by atoms with Crippen LogP contribution in [0.4, 0.5) is 5.69 Å².